The van der Waals surface area contributed by atoms with Gasteiger partial charge in [-0.2, -0.15) is 0 Å². The van der Waals surface area contributed by atoms with E-state index >= 15 is 0 Å². The predicted molar refractivity (Wildman–Crippen MR) is 59.9 cm³/mol. The lowest BCUT2D eigenvalue weighted by molar-refractivity contribution is 0.141. The van der Waals surface area contributed by atoms with E-state index < -0.39 is 0 Å². The average Bonchev–Trinajstić information content (AvgIpc) is 2.25. The molecule has 0 aromatic rings. The van der Waals surface area contributed by atoms with Gasteiger partial charge in [-0.25, -0.2) is 4.79 Å². The minimum atomic E-state index is 0.0570. The van der Waals surface area contributed by atoms with Crippen molar-refractivity contribution in [3.63, 3.8) is 0 Å². The van der Waals surface area contributed by atoms with Crippen LogP contribution in [0.4, 0.5) is 4.79 Å². The van der Waals surface area contributed by atoms with Gasteiger partial charge in [0.15, 0.2) is 0 Å². The molecule has 1 rings (SSSR count). The van der Waals surface area contributed by atoms with Crippen molar-refractivity contribution in [1.82, 2.24) is 10.2 Å². The Hall–Kier alpha value is -0.770. The van der Waals surface area contributed by atoms with Crippen LogP contribution in [0.15, 0.2) is 0 Å². The van der Waals surface area contributed by atoms with Crippen molar-refractivity contribution in [2.75, 3.05) is 32.8 Å². The molecule has 15 heavy (non-hydrogen) atoms. The van der Waals surface area contributed by atoms with E-state index in [-0.39, 0.29) is 6.03 Å². The fraction of sp³-hybridized carbons (Fsp3) is 0.909. The van der Waals surface area contributed by atoms with E-state index in [9.17, 15) is 4.79 Å². The summed E-state index contributed by atoms with van der Waals surface area (Å²) in [6, 6.07) is 0.0570. The number of urea groups is 1. The first kappa shape index (κ1) is 12.3. The topological polar surface area (TPSA) is 41.6 Å². The molecule has 0 saturated carbocycles. The summed E-state index contributed by atoms with van der Waals surface area (Å²) >= 11 is 0. The van der Waals surface area contributed by atoms with Crippen molar-refractivity contribution in [2.45, 2.75) is 26.7 Å². The van der Waals surface area contributed by atoms with Gasteiger partial charge in [0, 0.05) is 26.2 Å². The maximum atomic E-state index is 11.6. The number of rotatable bonds is 4. The molecule has 0 radical (unpaired) electrons. The van der Waals surface area contributed by atoms with Gasteiger partial charge >= 0.3 is 6.03 Å². The lowest BCUT2D eigenvalue weighted by Crippen LogP contribution is -2.45. The van der Waals surface area contributed by atoms with Gasteiger partial charge in [-0.05, 0) is 25.7 Å². The molecule has 0 atom stereocenters. The van der Waals surface area contributed by atoms with Crippen molar-refractivity contribution in [1.29, 1.82) is 0 Å². The average molecular weight is 214 g/mol. The first-order valence-corrected chi connectivity index (χ1v) is 5.84. The molecule has 0 unspecified atom stereocenters. The number of likely N-dealkylation sites (tertiary alicyclic amines) is 1. The van der Waals surface area contributed by atoms with Gasteiger partial charge in [-0.15, -0.1) is 0 Å². The number of carbonyl (C=O) groups excluding carboxylic acids is 1. The zero-order chi connectivity index (χ0) is 11.1. The van der Waals surface area contributed by atoms with Crippen LogP contribution in [-0.2, 0) is 4.74 Å². The number of hydrogen-bond donors (Lipinski definition) is 1. The Kier molecular flexibility index (Phi) is 5.47. The number of carbonyl (C=O) groups is 1. The highest BCUT2D eigenvalue weighted by atomic mass is 16.5. The molecular weight excluding hydrogens is 192 g/mol. The third-order valence-corrected chi connectivity index (χ3v) is 2.80. The van der Waals surface area contributed by atoms with Gasteiger partial charge in [0.2, 0.25) is 0 Å². The monoisotopic (exact) mass is 214 g/mol. The third-order valence-electron chi connectivity index (χ3n) is 2.80. The summed E-state index contributed by atoms with van der Waals surface area (Å²) in [5.74, 6) is 0.762. The molecule has 1 N–H and O–H groups in total. The maximum Gasteiger partial charge on any atom is 0.317 e. The van der Waals surface area contributed by atoms with E-state index in [1.54, 1.807) is 0 Å². The molecule has 1 aliphatic heterocycles. The highest BCUT2D eigenvalue weighted by Crippen LogP contribution is 2.15. The van der Waals surface area contributed by atoms with Crippen molar-refractivity contribution in [3.8, 4) is 0 Å². The molecule has 0 aromatic heterocycles. The Labute approximate surface area is 92.0 Å². The second-order valence-corrected chi connectivity index (χ2v) is 4.10. The van der Waals surface area contributed by atoms with Crippen molar-refractivity contribution < 1.29 is 9.53 Å². The van der Waals surface area contributed by atoms with Gasteiger partial charge in [-0.1, -0.05) is 6.92 Å². The standard InChI is InChI=1S/C11H22N2O2/c1-3-15-9-6-12-11(14)13-7-4-10(2)5-8-13/h10H,3-9H2,1-2H3,(H,12,14). The summed E-state index contributed by atoms with van der Waals surface area (Å²) < 4.78 is 5.16. The van der Waals surface area contributed by atoms with E-state index in [0.717, 1.165) is 31.8 Å². The van der Waals surface area contributed by atoms with Crippen LogP contribution in [0.3, 0.4) is 0 Å². The molecule has 1 saturated heterocycles. The molecule has 2 amide bonds. The minimum Gasteiger partial charge on any atom is -0.380 e. The van der Waals surface area contributed by atoms with Crippen LogP contribution >= 0.6 is 0 Å². The Morgan fingerprint density at radius 1 is 1.47 bits per heavy atom. The number of ether oxygens (including phenoxy) is 1. The van der Waals surface area contributed by atoms with Crippen LogP contribution in [-0.4, -0.2) is 43.8 Å². The lowest BCUT2D eigenvalue weighted by atomic mass is 10.00. The summed E-state index contributed by atoms with van der Waals surface area (Å²) in [7, 11) is 0. The summed E-state index contributed by atoms with van der Waals surface area (Å²) in [5.41, 5.74) is 0. The zero-order valence-corrected chi connectivity index (χ0v) is 9.79. The smallest absolute Gasteiger partial charge is 0.317 e. The van der Waals surface area contributed by atoms with E-state index in [1.165, 1.54) is 0 Å². The molecule has 0 spiro atoms. The second-order valence-electron chi connectivity index (χ2n) is 4.10. The SMILES string of the molecule is CCOCCNC(=O)N1CCC(C)CC1. The van der Waals surface area contributed by atoms with Gasteiger partial charge in [0.25, 0.3) is 0 Å². The predicted octanol–water partition coefficient (Wildman–Crippen LogP) is 1.46. The zero-order valence-electron chi connectivity index (χ0n) is 9.79. The molecule has 1 aliphatic rings. The van der Waals surface area contributed by atoms with Crippen molar-refractivity contribution >= 4 is 6.03 Å². The van der Waals surface area contributed by atoms with Crippen LogP contribution in [0.2, 0.25) is 0 Å². The Morgan fingerprint density at radius 2 is 2.13 bits per heavy atom. The Morgan fingerprint density at radius 3 is 2.73 bits per heavy atom. The normalized spacial score (nSPS) is 17.9. The number of hydrogen-bond acceptors (Lipinski definition) is 2. The molecule has 1 heterocycles. The van der Waals surface area contributed by atoms with Gasteiger partial charge in [0.05, 0.1) is 6.61 Å². The van der Waals surface area contributed by atoms with Crippen LogP contribution in [0, 0.1) is 5.92 Å². The molecule has 4 heteroatoms. The fourth-order valence-corrected chi connectivity index (χ4v) is 1.70. The largest absolute Gasteiger partial charge is 0.380 e. The molecular formula is C11H22N2O2. The van der Waals surface area contributed by atoms with Crippen LogP contribution in [0.25, 0.3) is 0 Å². The van der Waals surface area contributed by atoms with E-state index in [0.29, 0.717) is 19.8 Å². The highest BCUT2D eigenvalue weighted by molar-refractivity contribution is 5.74. The lowest BCUT2D eigenvalue weighted by Gasteiger charge is -2.30. The summed E-state index contributed by atoms with van der Waals surface area (Å²) in [5, 5.41) is 2.86. The summed E-state index contributed by atoms with van der Waals surface area (Å²) in [6.07, 6.45) is 2.25. The first-order chi connectivity index (χ1) is 7.24. The Balaban J connectivity index is 2.11. The second kappa shape index (κ2) is 6.67. The van der Waals surface area contributed by atoms with Gasteiger partial charge in [-0.3, -0.25) is 0 Å². The number of nitrogens with zero attached hydrogens (tertiary/aromatic N) is 1. The van der Waals surface area contributed by atoms with E-state index in [2.05, 4.69) is 12.2 Å². The molecule has 0 aliphatic carbocycles. The van der Waals surface area contributed by atoms with Crippen molar-refractivity contribution in [3.05, 3.63) is 0 Å². The molecule has 1 fully saturated rings. The number of nitrogens with one attached hydrogen (secondary N) is 1. The van der Waals surface area contributed by atoms with E-state index in [4.69, 9.17) is 4.74 Å². The Bertz CT molecular complexity index is 189. The van der Waals surface area contributed by atoms with E-state index in [1.807, 2.05) is 11.8 Å². The minimum absolute atomic E-state index is 0.0570. The first-order valence-electron chi connectivity index (χ1n) is 5.84. The summed E-state index contributed by atoms with van der Waals surface area (Å²) in [6.45, 7) is 7.89. The molecule has 0 bridgehead atoms. The quantitative estimate of drug-likeness (QED) is 0.720. The van der Waals surface area contributed by atoms with Gasteiger partial charge < -0.3 is 15.0 Å². The molecule has 0 aromatic carbocycles. The van der Waals surface area contributed by atoms with Crippen LogP contribution in [0.5, 0.6) is 0 Å². The van der Waals surface area contributed by atoms with Crippen LogP contribution in [0.1, 0.15) is 26.7 Å². The number of amides is 2. The summed E-state index contributed by atoms with van der Waals surface area (Å²) in [4.78, 5) is 13.5. The fourth-order valence-electron chi connectivity index (χ4n) is 1.70. The highest BCUT2D eigenvalue weighted by Gasteiger charge is 2.19. The van der Waals surface area contributed by atoms with Gasteiger partial charge in [0.1, 0.15) is 0 Å². The number of piperidine rings is 1. The maximum absolute atomic E-state index is 11.6. The third kappa shape index (κ3) is 4.51. The molecule has 4 nitrogen and oxygen atoms in total. The molecule has 88 valence electrons. The van der Waals surface area contributed by atoms with Crippen molar-refractivity contribution in [2.24, 2.45) is 5.92 Å². The van der Waals surface area contributed by atoms with Crippen LogP contribution < -0.4 is 5.32 Å².